The molecule has 6 nitrogen and oxygen atoms in total. The molecule has 0 fully saturated rings. The molecule has 0 heterocycles. The molecule has 0 aliphatic heterocycles. The number of ether oxygens (including phenoxy) is 1. The monoisotopic (exact) mass is 450 g/mol. The van der Waals surface area contributed by atoms with E-state index >= 15 is 0 Å². The van der Waals surface area contributed by atoms with Gasteiger partial charge in [0.2, 0.25) is 7.37 Å². The molecule has 0 spiro atoms. The van der Waals surface area contributed by atoms with Crippen molar-refractivity contribution in [3.05, 3.63) is 34.9 Å². The maximum atomic E-state index is 12.4. The summed E-state index contributed by atoms with van der Waals surface area (Å²) >= 11 is 0. The summed E-state index contributed by atoms with van der Waals surface area (Å²) in [6.07, 6.45) is 12.4. The zero-order valence-electron chi connectivity index (χ0n) is 18.7. The van der Waals surface area contributed by atoms with Crippen molar-refractivity contribution in [2.45, 2.75) is 73.1 Å². The van der Waals surface area contributed by atoms with Crippen LogP contribution in [-0.2, 0) is 18.4 Å². The Labute approximate surface area is 177 Å². The summed E-state index contributed by atoms with van der Waals surface area (Å²) in [7, 11) is -7.86. The second-order valence-corrected chi connectivity index (χ2v) is 12.3. The van der Waals surface area contributed by atoms with Crippen molar-refractivity contribution >= 4 is 15.0 Å². The Morgan fingerprint density at radius 2 is 1.45 bits per heavy atom. The van der Waals surface area contributed by atoms with Crippen LogP contribution in [0.15, 0.2) is 34.9 Å². The topological polar surface area (TPSA) is 93.1 Å². The normalized spacial score (nSPS) is 15.3. The van der Waals surface area contributed by atoms with Gasteiger partial charge in [0.25, 0.3) is 0 Å². The summed E-state index contributed by atoms with van der Waals surface area (Å²) in [5.41, 5.74) is 4.13. The smallest absolute Gasteiger partial charge is 0.335 e. The Hall–Kier alpha value is -0.480. The van der Waals surface area contributed by atoms with Crippen LogP contribution in [0.5, 0.6) is 0 Å². The molecule has 0 saturated heterocycles. The molecule has 1 atom stereocenters. The maximum Gasteiger partial charge on any atom is 0.335 e. The van der Waals surface area contributed by atoms with Crippen molar-refractivity contribution in [2.24, 2.45) is 0 Å². The lowest BCUT2D eigenvalue weighted by Crippen LogP contribution is -2.05. The highest BCUT2D eigenvalue weighted by molar-refractivity contribution is 7.73. The second-order valence-electron chi connectivity index (χ2n) is 7.68. The van der Waals surface area contributed by atoms with E-state index in [2.05, 4.69) is 45.9 Å². The average Bonchev–Trinajstić information content (AvgIpc) is 2.56. The standard InChI is InChI=1S/C21H40O6P2/c1-6-27-28(22,18-29(23,24)25)17-26-16-8-7-12-20(4)14-10-15-21(5)13-9-11-19(2)3/h11-12,15H,6-10,13-14,16-18H2,1-5H3,(H2,23,24,25). The predicted octanol–water partition coefficient (Wildman–Crippen LogP) is 6.61. The summed E-state index contributed by atoms with van der Waals surface area (Å²) in [4.78, 5) is 18.1. The predicted molar refractivity (Wildman–Crippen MR) is 122 cm³/mol. The fraction of sp³-hybridized carbons (Fsp3) is 0.714. The van der Waals surface area contributed by atoms with Gasteiger partial charge in [-0.3, -0.25) is 9.13 Å². The van der Waals surface area contributed by atoms with Crippen molar-refractivity contribution < 1.29 is 28.2 Å². The first-order chi connectivity index (χ1) is 13.5. The molecule has 0 aromatic carbocycles. The quantitative estimate of drug-likeness (QED) is 0.156. The Bertz CT molecular complexity index is 642. The fourth-order valence-corrected chi connectivity index (χ4v) is 6.56. The zero-order chi connectivity index (χ0) is 22.3. The van der Waals surface area contributed by atoms with E-state index in [1.165, 1.54) is 16.7 Å². The molecule has 0 aromatic heterocycles. The molecule has 1 unspecified atom stereocenters. The fourth-order valence-electron chi connectivity index (χ4n) is 2.71. The number of unbranched alkanes of at least 4 members (excludes halogenated alkanes) is 1. The van der Waals surface area contributed by atoms with E-state index in [0.29, 0.717) is 6.61 Å². The third-order valence-corrected chi connectivity index (χ3v) is 8.66. The maximum absolute atomic E-state index is 12.4. The van der Waals surface area contributed by atoms with Crippen LogP contribution >= 0.6 is 15.0 Å². The van der Waals surface area contributed by atoms with Crippen LogP contribution in [-0.4, -0.2) is 35.3 Å². The summed E-state index contributed by atoms with van der Waals surface area (Å²) in [6.45, 7) is 10.7. The third-order valence-electron chi connectivity index (χ3n) is 4.16. The summed E-state index contributed by atoms with van der Waals surface area (Å²) in [6, 6.07) is 0. The zero-order valence-corrected chi connectivity index (χ0v) is 20.5. The molecule has 29 heavy (non-hydrogen) atoms. The van der Waals surface area contributed by atoms with Gasteiger partial charge in [0, 0.05) is 6.61 Å². The third kappa shape index (κ3) is 18.0. The van der Waals surface area contributed by atoms with Gasteiger partial charge in [0.15, 0.2) is 0 Å². The lowest BCUT2D eigenvalue weighted by Gasteiger charge is -2.18. The first-order valence-electron chi connectivity index (χ1n) is 10.3. The van der Waals surface area contributed by atoms with Crippen LogP contribution in [0.25, 0.3) is 0 Å². The molecule has 8 heteroatoms. The van der Waals surface area contributed by atoms with Gasteiger partial charge in [-0.15, -0.1) is 0 Å². The molecular weight excluding hydrogens is 410 g/mol. The molecule has 170 valence electrons. The number of hydrogen-bond donors (Lipinski definition) is 2. The Morgan fingerprint density at radius 3 is 1.97 bits per heavy atom. The van der Waals surface area contributed by atoms with E-state index in [9.17, 15) is 9.13 Å². The molecule has 0 aromatic rings. The highest BCUT2D eigenvalue weighted by atomic mass is 31.2. The van der Waals surface area contributed by atoms with Gasteiger partial charge in [-0.1, -0.05) is 34.9 Å². The van der Waals surface area contributed by atoms with Crippen LogP contribution in [0.1, 0.15) is 73.1 Å². The van der Waals surface area contributed by atoms with Crippen molar-refractivity contribution in [1.29, 1.82) is 0 Å². The first kappa shape index (κ1) is 28.5. The number of hydrogen-bond acceptors (Lipinski definition) is 4. The molecule has 0 rings (SSSR count). The second kappa shape index (κ2) is 15.3. The molecule has 0 radical (unpaired) electrons. The Balaban J connectivity index is 4.10. The summed E-state index contributed by atoms with van der Waals surface area (Å²) in [5, 5.41) is 0. The van der Waals surface area contributed by atoms with E-state index in [1.54, 1.807) is 6.92 Å². The minimum Gasteiger partial charge on any atom is -0.371 e. The highest BCUT2D eigenvalue weighted by Crippen LogP contribution is 2.58. The van der Waals surface area contributed by atoms with Gasteiger partial charge < -0.3 is 19.0 Å². The molecule has 0 aliphatic rings. The minimum absolute atomic E-state index is 0.130. The van der Waals surface area contributed by atoms with E-state index < -0.39 is 20.9 Å². The van der Waals surface area contributed by atoms with E-state index in [0.717, 1.165) is 38.5 Å². The van der Waals surface area contributed by atoms with Crippen molar-refractivity contribution in [1.82, 2.24) is 0 Å². The van der Waals surface area contributed by atoms with Crippen molar-refractivity contribution in [3.8, 4) is 0 Å². The van der Waals surface area contributed by atoms with Crippen LogP contribution in [0.2, 0.25) is 0 Å². The Kier molecular flexibility index (Phi) is 15.1. The van der Waals surface area contributed by atoms with Gasteiger partial charge in [0.1, 0.15) is 12.3 Å². The SMILES string of the molecule is CCOP(=O)(COCCCC=C(C)CCC=C(C)CCC=C(C)C)CP(=O)(O)O. The highest BCUT2D eigenvalue weighted by Gasteiger charge is 2.32. The molecule has 0 amide bonds. The molecule has 0 bridgehead atoms. The van der Waals surface area contributed by atoms with Gasteiger partial charge in [0.05, 0.1) is 6.61 Å². The first-order valence-corrected chi connectivity index (χ1v) is 14.1. The van der Waals surface area contributed by atoms with Gasteiger partial charge in [-0.25, -0.2) is 0 Å². The van der Waals surface area contributed by atoms with E-state index in [-0.39, 0.29) is 13.0 Å². The minimum atomic E-state index is -4.41. The molecule has 2 N–H and O–H groups in total. The van der Waals surface area contributed by atoms with E-state index in [1.807, 2.05) is 0 Å². The summed E-state index contributed by atoms with van der Waals surface area (Å²) < 4.78 is 33.9. The lowest BCUT2D eigenvalue weighted by molar-refractivity contribution is 0.160. The largest absolute Gasteiger partial charge is 0.371 e. The van der Waals surface area contributed by atoms with Gasteiger partial charge >= 0.3 is 7.60 Å². The van der Waals surface area contributed by atoms with Crippen LogP contribution in [0, 0.1) is 0 Å². The van der Waals surface area contributed by atoms with Crippen LogP contribution in [0.3, 0.4) is 0 Å². The Morgan fingerprint density at radius 1 is 0.897 bits per heavy atom. The number of allylic oxidation sites excluding steroid dienone is 6. The molecule has 0 aliphatic carbocycles. The number of rotatable bonds is 16. The van der Waals surface area contributed by atoms with E-state index in [4.69, 9.17) is 19.0 Å². The van der Waals surface area contributed by atoms with Crippen molar-refractivity contribution in [3.63, 3.8) is 0 Å². The van der Waals surface area contributed by atoms with Crippen molar-refractivity contribution in [2.75, 3.05) is 25.5 Å². The van der Waals surface area contributed by atoms with Crippen LogP contribution < -0.4 is 0 Å². The molecular formula is C21H40O6P2. The van der Waals surface area contributed by atoms with Crippen LogP contribution in [0.4, 0.5) is 0 Å². The summed E-state index contributed by atoms with van der Waals surface area (Å²) in [5.74, 6) is -0.770. The lowest BCUT2D eigenvalue weighted by atomic mass is 10.1. The molecule has 0 saturated carbocycles. The van der Waals surface area contributed by atoms with Gasteiger partial charge in [-0.05, 0) is 73.1 Å². The average molecular weight is 450 g/mol. The van der Waals surface area contributed by atoms with Gasteiger partial charge in [-0.2, -0.15) is 0 Å².